The highest BCUT2D eigenvalue weighted by Crippen LogP contribution is 2.33. The van der Waals surface area contributed by atoms with Crippen LogP contribution in [-0.2, 0) is 21.6 Å². The molecule has 5 rings (SSSR count). The Kier molecular flexibility index (Phi) is 9.40. The van der Waals surface area contributed by atoms with E-state index in [1.165, 1.54) is 12.1 Å². The van der Waals surface area contributed by atoms with E-state index in [1.807, 2.05) is 12.1 Å². The molecule has 3 heterocycles. The zero-order valence-electron chi connectivity index (χ0n) is 23.7. The molecular formula is C30H31ClFN5O5S. The van der Waals surface area contributed by atoms with Crippen molar-refractivity contribution in [3.8, 4) is 0 Å². The summed E-state index contributed by atoms with van der Waals surface area (Å²) in [7, 11) is 0. The van der Waals surface area contributed by atoms with E-state index in [9.17, 15) is 18.8 Å². The second-order valence-electron chi connectivity index (χ2n) is 10.5. The molecular weight excluding hydrogens is 597 g/mol. The summed E-state index contributed by atoms with van der Waals surface area (Å²) in [5.74, 6) is -1.19. The minimum absolute atomic E-state index is 0.0458. The number of hydrogen-bond donors (Lipinski definition) is 2. The molecule has 1 saturated heterocycles. The van der Waals surface area contributed by atoms with Gasteiger partial charge in [-0.2, -0.15) is 4.68 Å². The van der Waals surface area contributed by atoms with E-state index in [4.69, 9.17) is 21.1 Å². The lowest BCUT2D eigenvalue weighted by molar-refractivity contribution is 0.0342. The van der Waals surface area contributed by atoms with E-state index >= 15 is 0 Å². The number of nitrogens with zero attached hydrogens (tertiary/aromatic N) is 3. The maximum Gasteiger partial charge on any atom is 0.436 e. The number of morpholine rings is 1. The first-order valence-electron chi connectivity index (χ1n) is 13.7. The van der Waals surface area contributed by atoms with Gasteiger partial charge in [0.2, 0.25) is 0 Å². The third-order valence-electron chi connectivity index (χ3n) is 6.99. The number of benzene rings is 2. The molecule has 13 heteroatoms. The van der Waals surface area contributed by atoms with Crippen LogP contribution in [0.3, 0.4) is 0 Å². The van der Waals surface area contributed by atoms with Crippen molar-refractivity contribution < 1.29 is 28.2 Å². The number of nitrogens with one attached hydrogen (secondary N) is 2. The largest absolute Gasteiger partial charge is 0.447 e. The first-order chi connectivity index (χ1) is 20.7. The average Bonchev–Trinajstić information content (AvgIpc) is 3.57. The zero-order chi connectivity index (χ0) is 30.6. The minimum atomic E-state index is -1.03. The van der Waals surface area contributed by atoms with Crippen LogP contribution < -0.4 is 10.6 Å². The third-order valence-corrected chi connectivity index (χ3v) is 8.25. The quantitative estimate of drug-likeness (QED) is 0.245. The van der Waals surface area contributed by atoms with Gasteiger partial charge in [0.05, 0.1) is 34.9 Å². The molecule has 226 valence electrons. The van der Waals surface area contributed by atoms with Crippen LogP contribution >= 0.6 is 22.9 Å². The van der Waals surface area contributed by atoms with Crippen LogP contribution in [0.2, 0.25) is 0 Å². The number of alkyl halides is 1. The Morgan fingerprint density at radius 2 is 1.81 bits per heavy atom. The van der Waals surface area contributed by atoms with Crippen LogP contribution in [0.1, 0.15) is 45.0 Å². The van der Waals surface area contributed by atoms with E-state index in [2.05, 4.69) is 20.6 Å². The van der Waals surface area contributed by atoms with E-state index in [0.29, 0.717) is 34.6 Å². The van der Waals surface area contributed by atoms with Crippen molar-refractivity contribution in [1.82, 2.24) is 20.0 Å². The smallest absolute Gasteiger partial charge is 0.436 e. The van der Waals surface area contributed by atoms with Gasteiger partial charge in [0.1, 0.15) is 17.3 Å². The number of aromatic nitrogens is 2. The molecule has 1 aliphatic heterocycles. The number of hydrogen-bond acceptors (Lipinski definition) is 8. The lowest BCUT2D eigenvalue weighted by atomic mass is 9.93. The second-order valence-corrected chi connectivity index (χ2v) is 11.9. The van der Waals surface area contributed by atoms with E-state index < -0.39 is 29.3 Å². The fourth-order valence-electron chi connectivity index (χ4n) is 4.76. The number of anilines is 1. The monoisotopic (exact) mass is 627 g/mol. The highest BCUT2D eigenvalue weighted by molar-refractivity contribution is 7.20. The fraction of sp³-hybridized carbons (Fsp3) is 0.333. The topological polar surface area (TPSA) is 115 Å². The molecule has 0 unspecified atom stereocenters. The van der Waals surface area contributed by atoms with Crippen molar-refractivity contribution in [2.75, 3.05) is 44.1 Å². The average molecular weight is 628 g/mol. The Morgan fingerprint density at radius 1 is 1.09 bits per heavy atom. The van der Waals surface area contributed by atoms with Gasteiger partial charge in [-0.1, -0.05) is 30.3 Å². The SMILES string of the molecule is CC(C)(NC(=O)c1cc2c(NC(=O)c3ccc(CN4CCOCC4)cc3)nn(C(=O)OCCCl)c2s1)c1ccccc1F. The third kappa shape index (κ3) is 7.04. The van der Waals surface area contributed by atoms with Gasteiger partial charge in [-0.15, -0.1) is 28.0 Å². The van der Waals surface area contributed by atoms with E-state index in [0.717, 1.165) is 41.2 Å². The number of halogens is 2. The number of carbonyl (C=O) groups excluding carboxylic acids is 3. The fourth-order valence-corrected chi connectivity index (χ4v) is 5.84. The van der Waals surface area contributed by atoms with Crippen molar-refractivity contribution >= 4 is 56.9 Å². The first kappa shape index (κ1) is 30.6. The van der Waals surface area contributed by atoms with Gasteiger partial charge < -0.3 is 20.1 Å². The van der Waals surface area contributed by atoms with Crippen molar-refractivity contribution in [3.05, 3.63) is 82.0 Å². The standard InChI is InChI=1S/C30H31ClFN5O5S/c1-30(2,22-5-3-4-6-23(22)32)34-27(39)24-17-21-25(35-37(28(21)43-24)29(40)42-14-11-31)33-26(38)20-9-7-19(8-10-20)18-36-12-15-41-16-13-36/h3-10,17H,11-16,18H2,1-2H3,(H,34,39)(H,33,35,38). The van der Waals surface area contributed by atoms with Gasteiger partial charge >= 0.3 is 6.09 Å². The molecule has 2 aromatic carbocycles. The van der Waals surface area contributed by atoms with Crippen LogP contribution in [0.25, 0.3) is 10.2 Å². The van der Waals surface area contributed by atoms with Crippen molar-refractivity contribution in [1.29, 1.82) is 0 Å². The van der Waals surface area contributed by atoms with Gasteiger partial charge in [-0.05, 0) is 43.7 Å². The number of fused-ring (bicyclic) bond motifs is 1. The molecule has 1 aliphatic rings. The summed E-state index contributed by atoms with van der Waals surface area (Å²) in [6.07, 6.45) is -0.806. The highest BCUT2D eigenvalue weighted by Gasteiger charge is 2.29. The number of carbonyl (C=O) groups is 3. The molecule has 0 spiro atoms. The van der Waals surface area contributed by atoms with Gasteiger partial charge in [-0.3, -0.25) is 14.5 Å². The lowest BCUT2D eigenvalue weighted by Crippen LogP contribution is -2.41. The predicted octanol–water partition coefficient (Wildman–Crippen LogP) is 5.21. The summed E-state index contributed by atoms with van der Waals surface area (Å²) in [5, 5.41) is 10.3. The molecule has 0 aliphatic carbocycles. The summed E-state index contributed by atoms with van der Waals surface area (Å²) in [6.45, 7) is 7.22. The molecule has 0 bridgehead atoms. The molecule has 43 heavy (non-hydrogen) atoms. The molecule has 0 radical (unpaired) electrons. The van der Waals surface area contributed by atoms with Gasteiger partial charge in [0.25, 0.3) is 11.8 Å². The van der Waals surface area contributed by atoms with E-state index in [1.54, 1.807) is 44.2 Å². The normalized spacial score (nSPS) is 14.0. The number of amides is 2. The van der Waals surface area contributed by atoms with Gasteiger partial charge in [0, 0.05) is 30.8 Å². The number of thiophene rings is 1. The van der Waals surface area contributed by atoms with Gasteiger partial charge in [0.15, 0.2) is 5.82 Å². The number of ether oxygens (including phenoxy) is 2. The highest BCUT2D eigenvalue weighted by atomic mass is 35.5. The maximum absolute atomic E-state index is 14.5. The molecule has 0 saturated carbocycles. The molecule has 2 aromatic heterocycles. The Labute approximate surface area is 256 Å². The van der Waals surface area contributed by atoms with Crippen molar-refractivity contribution in [2.24, 2.45) is 0 Å². The van der Waals surface area contributed by atoms with Crippen molar-refractivity contribution in [2.45, 2.75) is 25.9 Å². The lowest BCUT2D eigenvalue weighted by Gasteiger charge is -2.27. The molecule has 4 aromatic rings. The summed E-state index contributed by atoms with van der Waals surface area (Å²) >= 11 is 6.67. The molecule has 10 nitrogen and oxygen atoms in total. The predicted molar refractivity (Wildman–Crippen MR) is 162 cm³/mol. The molecule has 2 N–H and O–H groups in total. The maximum atomic E-state index is 14.5. The minimum Gasteiger partial charge on any atom is -0.447 e. The second kappa shape index (κ2) is 13.2. The van der Waals surface area contributed by atoms with Crippen LogP contribution in [0.15, 0.2) is 54.6 Å². The molecule has 2 amide bonds. The van der Waals surface area contributed by atoms with Gasteiger partial charge in [-0.25, -0.2) is 9.18 Å². The van der Waals surface area contributed by atoms with Crippen LogP contribution in [0.4, 0.5) is 15.0 Å². The molecule has 1 fully saturated rings. The van der Waals surface area contributed by atoms with Crippen LogP contribution in [0, 0.1) is 5.82 Å². The summed E-state index contributed by atoms with van der Waals surface area (Å²) in [5.41, 5.74) is 0.760. The van der Waals surface area contributed by atoms with Crippen molar-refractivity contribution in [3.63, 3.8) is 0 Å². The molecule has 0 atom stereocenters. The number of rotatable bonds is 9. The Balaban J connectivity index is 1.38. The Morgan fingerprint density at radius 3 is 2.51 bits per heavy atom. The van der Waals surface area contributed by atoms with Crippen LogP contribution in [0.5, 0.6) is 0 Å². The zero-order valence-corrected chi connectivity index (χ0v) is 25.3. The summed E-state index contributed by atoms with van der Waals surface area (Å²) < 4.78 is 26.0. The Bertz CT molecular complexity index is 1630. The summed E-state index contributed by atoms with van der Waals surface area (Å²) in [6, 6.07) is 15.0. The summed E-state index contributed by atoms with van der Waals surface area (Å²) in [4.78, 5) is 42.1. The van der Waals surface area contributed by atoms with Crippen LogP contribution in [-0.4, -0.2) is 71.4 Å². The first-order valence-corrected chi connectivity index (χ1v) is 15.0. The van der Waals surface area contributed by atoms with E-state index in [-0.39, 0.29) is 23.2 Å². The Hall–Kier alpha value is -3.84.